The maximum atomic E-state index is 6.13. The Kier molecular flexibility index (Phi) is 3.35. The number of allylic oxidation sites excluding steroid dienone is 2. The van der Waals surface area contributed by atoms with E-state index in [2.05, 4.69) is 5.32 Å². The summed E-state index contributed by atoms with van der Waals surface area (Å²) in [7, 11) is 0. The topological polar surface area (TPSA) is 73.3 Å². The molecule has 1 aliphatic rings. The Morgan fingerprint density at radius 1 is 1.24 bits per heavy atom. The third-order valence-corrected chi connectivity index (χ3v) is 2.74. The number of nitrogens with two attached hydrogens (primary N) is 2. The fourth-order valence-electron chi connectivity index (χ4n) is 1.64. The van der Waals surface area contributed by atoms with Crippen molar-refractivity contribution in [3.8, 4) is 5.75 Å². The second kappa shape index (κ2) is 4.93. The van der Waals surface area contributed by atoms with Gasteiger partial charge in [-0.15, -0.1) is 0 Å². The van der Waals surface area contributed by atoms with E-state index in [1.54, 1.807) is 12.3 Å². The molecule has 4 heteroatoms. The molecule has 1 unspecified atom stereocenters. The van der Waals surface area contributed by atoms with Crippen LogP contribution < -0.4 is 21.5 Å². The zero-order valence-electron chi connectivity index (χ0n) is 9.60. The highest BCUT2D eigenvalue weighted by Gasteiger charge is 2.27. The van der Waals surface area contributed by atoms with Gasteiger partial charge in [-0.3, -0.25) is 0 Å². The lowest BCUT2D eigenvalue weighted by Crippen LogP contribution is -2.56. The molecule has 0 saturated heterocycles. The van der Waals surface area contributed by atoms with Crippen molar-refractivity contribution in [2.75, 3.05) is 6.61 Å². The summed E-state index contributed by atoms with van der Waals surface area (Å²) in [6.45, 7) is 0.510. The summed E-state index contributed by atoms with van der Waals surface area (Å²) in [5.74, 6) is 0.838. The summed E-state index contributed by atoms with van der Waals surface area (Å²) in [5.41, 5.74) is 11.9. The standard InChI is InChI=1S/C13H17N3O/c14-12-7-4-9-16-13(12,15)8-10-17-11-5-2-1-3-6-11/h1-7,9,16H,8,10,14-15H2. The van der Waals surface area contributed by atoms with Gasteiger partial charge in [-0.25, -0.2) is 0 Å². The van der Waals surface area contributed by atoms with Gasteiger partial charge in [0, 0.05) is 12.1 Å². The van der Waals surface area contributed by atoms with E-state index in [1.165, 1.54) is 0 Å². The molecule has 0 saturated carbocycles. The molecule has 0 aromatic heterocycles. The summed E-state index contributed by atoms with van der Waals surface area (Å²) in [6.07, 6.45) is 6.03. The molecule has 1 heterocycles. The minimum atomic E-state index is -0.705. The van der Waals surface area contributed by atoms with Gasteiger partial charge in [-0.1, -0.05) is 18.2 Å². The van der Waals surface area contributed by atoms with E-state index >= 15 is 0 Å². The Labute approximate surface area is 101 Å². The highest BCUT2D eigenvalue weighted by Crippen LogP contribution is 2.16. The fourth-order valence-corrected chi connectivity index (χ4v) is 1.64. The van der Waals surface area contributed by atoms with Crippen molar-refractivity contribution in [2.45, 2.75) is 12.1 Å². The van der Waals surface area contributed by atoms with Gasteiger partial charge in [0.1, 0.15) is 11.4 Å². The maximum absolute atomic E-state index is 6.13. The lowest BCUT2D eigenvalue weighted by molar-refractivity contribution is 0.259. The minimum absolute atomic E-state index is 0.510. The van der Waals surface area contributed by atoms with Crippen LogP contribution in [0.5, 0.6) is 5.75 Å². The first-order chi connectivity index (χ1) is 8.21. The minimum Gasteiger partial charge on any atom is -0.493 e. The van der Waals surface area contributed by atoms with Gasteiger partial charge in [0.15, 0.2) is 0 Å². The van der Waals surface area contributed by atoms with E-state index in [-0.39, 0.29) is 0 Å². The van der Waals surface area contributed by atoms with Gasteiger partial charge in [-0.05, 0) is 30.5 Å². The van der Waals surface area contributed by atoms with Gasteiger partial charge in [0.05, 0.1) is 6.61 Å². The molecule has 0 amide bonds. The van der Waals surface area contributed by atoms with Gasteiger partial charge >= 0.3 is 0 Å². The Morgan fingerprint density at radius 3 is 2.71 bits per heavy atom. The van der Waals surface area contributed by atoms with Crippen molar-refractivity contribution in [3.63, 3.8) is 0 Å². The van der Waals surface area contributed by atoms with Crippen molar-refractivity contribution in [1.29, 1.82) is 0 Å². The van der Waals surface area contributed by atoms with Crippen molar-refractivity contribution >= 4 is 0 Å². The lowest BCUT2D eigenvalue weighted by atomic mass is 10.0. The third-order valence-electron chi connectivity index (χ3n) is 2.74. The SMILES string of the molecule is NC1=CC=CNC1(N)CCOc1ccccc1. The van der Waals surface area contributed by atoms with E-state index in [0.29, 0.717) is 18.7 Å². The van der Waals surface area contributed by atoms with Crippen molar-refractivity contribution in [1.82, 2.24) is 5.32 Å². The molecule has 17 heavy (non-hydrogen) atoms. The van der Waals surface area contributed by atoms with Crippen LogP contribution in [-0.4, -0.2) is 12.3 Å². The first-order valence-electron chi connectivity index (χ1n) is 5.58. The summed E-state index contributed by atoms with van der Waals surface area (Å²) < 4.78 is 5.60. The van der Waals surface area contributed by atoms with E-state index in [0.717, 1.165) is 5.75 Å². The molecule has 0 spiro atoms. The number of para-hydroxylation sites is 1. The number of hydrogen-bond donors (Lipinski definition) is 3. The number of dihydropyridines is 1. The molecule has 0 bridgehead atoms. The Morgan fingerprint density at radius 2 is 2.00 bits per heavy atom. The smallest absolute Gasteiger partial charge is 0.129 e. The monoisotopic (exact) mass is 231 g/mol. The third kappa shape index (κ3) is 2.79. The Balaban J connectivity index is 1.87. The number of rotatable bonds is 4. The van der Waals surface area contributed by atoms with Gasteiger partial charge in [-0.2, -0.15) is 0 Å². The van der Waals surface area contributed by atoms with Crippen LogP contribution in [0.15, 0.2) is 54.4 Å². The van der Waals surface area contributed by atoms with Gasteiger partial charge in [0.25, 0.3) is 0 Å². The molecule has 1 atom stereocenters. The number of hydrogen-bond acceptors (Lipinski definition) is 4. The van der Waals surface area contributed by atoms with Crippen LogP contribution in [0.1, 0.15) is 6.42 Å². The summed E-state index contributed by atoms with van der Waals surface area (Å²) in [5, 5.41) is 3.06. The zero-order valence-corrected chi connectivity index (χ0v) is 9.60. The van der Waals surface area contributed by atoms with Crippen LogP contribution in [0.2, 0.25) is 0 Å². The molecule has 5 N–H and O–H groups in total. The highest BCUT2D eigenvalue weighted by atomic mass is 16.5. The number of ether oxygens (including phenoxy) is 1. The highest BCUT2D eigenvalue weighted by molar-refractivity contribution is 5.26. The normalized spacial score (nSPS) is 22.8. The molecule has 1 aromatic rings. The molecule has 0 radical (unpaired) electrons. The molecular weight excluding hydrogens is 214 g/mol. The fraction of sp³-hybridized carbons (Fsp3) is 0.231. The quantitative estimate of drug-likeness (QED) is 0.724. The van der Waals surface area contributed by atoms with Crippen LogP contribution in [-0.2, 0) is 0 Å². The van der Waals surface area contributed by atoms with Crippen molar-refractivity contribution < 1.29 is 4.74 Å². The molecule has 4 nitrogen and oxygen atoms in total. The van der Waals surface area contributed by atoms with Gasteiger partial charge in [0.2, 0.25) is 0 Å². The number of benzene rings is 1. The van der Waals surface area contributed by atoms with Gasteiger partial charge < -0.3 is 21.5 Å². The van der Waals surface area contributed by atoms with Crippen LogP contribution >= 0.6 is 0 Å². The van der Waals surface area contributed by atoms with E-state index in [9.17, 15) is 0 Å². The van der Waals surface area contributed by atoms with Crippen LogP contribution in [0.25, 0.3) is 0 Å². The van der Waals surface area contributed by atoms with Crippen LogP contribution in [0, 0.1) is 0 Å². The van der Waals surface area contributed by atoms with Crippen molar-refractivity contribution in [2.24, 2.45) is 11.5 Å². The summed E-state index contributed by atoms with van der Waals surface area (Å²) in [6, 6.07) is 9.64. The molecule has 1 aliphatic heterocycles. The van der Waals surface area contributed by atoms with Crippen LogP contribution in [0.3, 0.4) is 0 Å². The summed E-state index contributed by atoms with van der Waals surface area (Å²) >= 11 is 0. The molecular formula is C13H17N3O. The molecule has 90 valence electrons. The average molecular weight is 231 g/mol. The predicted octanol–water partition coefficient (Wildman–Crippen LogP) is 1.07. The molecule has 1 aromatic carbocycles. The van der Waals surface area contributed by atoms with E-state index in [4.69, 9.17) is 16.2 Å². The zero-order chi connectivity index (χ0) is 12.1. The summed E-state index contributed by atoms with van der Waals surface area (Å²) in [4.78, 5) is 0. The number of nitrogens with one attached hydrogen (secondary N) is 1. The lowest BCUT2D eigenvalue weighted by Gasteiger charge is -2.32. The average Bonchev–Trinajstić information content (AvgIpc) is 2.35. The Hall–Kier alpha value is -1.94. The first-order valence-corrected chi connectivity index (χ1v) is 5.58. The predicted molar refractivity (Wildman–Crippen MR) is 68.0 cm³/mol. The second-order valence-corrected chi connectivity index (χ2v) is 4.01. The molecule has 2 rings (SSSR count). The second-order valence-electron chi connectivity index (χ2n) is 4.01. The maximum Gasteiger partial charge on any atom is 0.129 e. The Bertz CT molecular complexity index is 428. The largest absolute Gasteiger partial charge is 0.493 e. The van der Waals surface area contributed by atoms with E-state index in [1.807, 2.05) is 36.4 Å². The molecule has 0 aliphatic carbocycles. The first kappa shape index (κ1) is 11.5. The van der Waals surface area contributed by atoms with E-state index < -0.39 is 5.66 Å². The van der Waals surface area contributed by atoms with Crippen LogP contribution in [0.4, 0.5) is 0 Å². The van der Waals surface area contributed by atoms with Crippen molar-refractivity contribution in [3.05, 3.63) is 54.4 Å². The molecule has 0 fully saturated rings.